The Morgan fingerprint density at radius 1 is 1.11 bits per heavy atom. The van der Waals surface area contributed by atoms with Crippen LogP contribution in [-0.4, -0.2) is 45.8 Å². The summed E-state index contributed by atoms with van der Waals surface area (Å²) in [6.07, 6.45) is 3.37. The van der Waals surface area contributed by atoms with Gasteiger partial charge in [-0.15, -0.1) is 11.3 Å². The molecule has 1 atom stereocenters. The van der Waals surface area contributed by atoms with E-state index in [1.807, 2.05) is 19.2 Å². The van der Waals surface area contributed by atoms with Gasteiger partial charge < -0.3 is 14.8 Å². The number of hydrogen-bond acceptors (Lipinski definition) is 9. The Morgan fingerprint density at radius 2 is 1.87 bits per heavy atom. The third kappa shape index (κ3) is 5.58. The second-order valence-electron chi connectivity index (χ2n) is 8.44. The summed E-state index contributed by atoms with van der Waals surface area (Å²) >= 11 is 7.76. The fourth-order valence-corrected chi connectivity index (χ4v) is 4.92. The van der Waals surface area contributed by atoms with Crippen LogP contribution in [0.3, 0.4) is 0 Å². The van der Waals surface area contributed by atoms with Crippen LogP contribution in [0.25, 0.3) is 31.7 Å². The number of aromatic nitrogens is 4. The van der Waals surface area contributed by atoms with Gasteiger partial charge in [0.15, 0.2) is 11.6 Å². The molecule has 5 rings (SSSR count). The lowest BCUT2D eigenvalue weighted by atomic mass is 10.1. The monoisotopic (exact) mass is 552 g/mol. The van der Waals surface area contributed by atoms with Crippen LogP contribution in [0.2, 0.25) is 5.02 Å². The number of hydrogen-bond donors (Lipinski definition) is 2. The Labute approximate surface area is 226 Å². The van der Waals surface area contributed by atoms with Crippen LogP contribution in [0.5, 0.6) is 5.75 Å². The topological polar surface area (TPSA) is 111 Å². The number of aryl methyl sites for hydroxylation is 1. The van der Waals surface area contributed by atoms with Crippen LogP contribution in [-0.2, 0) is 4.74 Å². The maximum Gasteiger partial charge on any atom is 0.411 e. The second-order valence-corrected chi connectivity index (χ2v) is 9.91. The van der Waals surface area contributed by atoms with Gasteiger partial charge >= 0.3 is 6.09 Å². The molecule has 38 heavy (non-hydrogen) atoms. The van der Waals surface area contributed by atoms with Gasteiger partial charge in [-0.05, 0) is 32.0 Å². The van der Waals surface area contributed by atoms with E-state index in [2.05, 4.69) is 30.6 Å². The normalized spacial score (nSPS) is 11.9. The fourth-order valence-electron chi connectivity index (χ4n) is 3.70. The van der Waals surface area contributed by atoms with E-state index in [0.717, 1.165) is 26.9 Å². The van der Waals surface area contributed by atoms with Crippen LogP contribution >= 0.6 is 22.9 Å². The van der Waals surface area contributed by atoms with Crippen molar-refractivity contribution in [1.82, 2.24) is 19.9 Å². The molecule has 9 nitrogen and oxygen atoms in total. The van der Waals surface area contributed by atoms with E-state index in [9.17, 15) is 9.18 Å². The van der Waals surface area contributed by atoms with Gasteiger partial charge in [0.1, 0.15) is 23.5 Å². The first kappa shape index (κ1) is 25.6. The number of nitrogens with one attached hydrogen (secondary N) is 2. The quantitative estimate of drug-likeness (QED) is 0.236. The first-order chi connectivity index (χ1) is 18.3. The number of ether oxygens (including phenoxy) is 2. The molecule has 2 aromatic carbocycles. The molecule has 1 unspecified atom stereocenters. The predicted molar refractivity (Wildman–Crippen MR) is 147 cm³/mol. The van der Waals surface area contributed by atoms with Crippen molar-refractivity contribution in [2.45, 2.75) is 20.0 Å². The van der Waals surface area contributed by atoms with Crippen molar-refractivity contribution < 1.29 is 18.7 Å². The first-order valence-electron chi connectivity index (χ1n) is 11.6. The molecule has 0 bridgehead atoms. The van der Waals surface area contributed by atoms with Crippen molar-refractivity contribution in [2.75, 3.05) is 24.3 Å². The van der Waals surface area contributed by atoms with Crippen LogP contribution in [0.15, 0.2) is 48.9 Å². The van der Waals surface area contributed by atoms with Crippen molar-refractivity contribution in [3.05, 3.63) is 65.6 Å². The highest BCUT2D eigenvalue weighted by molar-refractivity contribution is 7.21. The Kier molecular flexibility index (Phi) is 7.21. The molecule has 3 aromatic heterocycles. The van der Waals surface area contributed by atoms with Crippen molar-refractivity contribution in [2.24, 2.45) is 0 Å². The van der Waals surface area contributed by atoms with Crippen molar-refractivity contribution >= 4 is 61.5 Å². The Hall–Kier alpha value is -4.09. The summed E-state index contributed by atoms with van der Waals surface area (Å²) in [5.41, 5.74) is 3.24. The van der Waals surface area contributed by atoms with Crippen LogP contribution in [0.1, 0.15) is 12.7 Å². The zero-order valence-corrected chi connectivity index (χ0v) is 22.2. The van der Waals surface area contributed by atoms with Gasteiger partial charge in [0, 0.05) is 35.2 Å². The third-order valence-electron chi connectivity index (χ3n) is 5.51. The molecule has 12 heteroatoms. The summed E-state index contributed by atoms with van der Waals surface area (Å²) in [5, 5.41) is 7.65. The number of anilines is 2. The minimum absolute atomic E-state index is 0.0314. The molecular weight excluding hydrogens is 531 g/mol. The molecule has 0 aliphatic rings. The molecule has 0 spiro atoms. The van der Waals surface area contributed by atoms with Gasteiger partial charge in [-0.1, -0.05) is 11.6 Å². The van der Waals surface area contributed by atoms with E-state index in [1.54, 1.807) is 32.2 Å². The molecule has 3 heterocycles. The molecule has 194 valence electrons. The van der Waals surface area contributed by atoms with Gasteiger partial charge in [0.2, 0.25) is 0 Å². The van der Waals surface area contributed by atoms with Crippen molar-refractivity contribution in [3.8, 4) is 16.3 Å². The summed E-state index contributed by atoms with van der Waals surface area (Å²) in [4.78, 5) is 29.2. The number of thiazole rings is 1. The van der Waals surface area contributed by atoms with E-state index in [-0.39, 0.29) is 12.4 Å². The number of carbonyl (C=O) groups excluding carboxylic acids is 1. The maximum atomic E-state index is 14.9. The van der Waals surface area contributed by atoms with E-state index in [0.29, 0.717) is 27.1 Å². The summed E-state index contributed by atoms with van der Waals surface area (Å²) in [6.45, 7) is 3.31. The lowest BCUT2D eigenvalue weighted by molar-refractivity contribution is 0.0969. The predicted octanol–water partition coefficient (Wildman–Crippen LogP) is 6.46. The van der Waals surface area contributed by atoms with Crippen molar-refractivity contribution in [3.63, 3.8) is 0 Å². The van der Waals surface area contributed by atoms with Gasteiger partial charge in [-0.25, -0.2) is 24.1 Å². The lowest BCUT2D eigenvalue weighted by Crippen LogP contribution is -2.24. The number of halogens is 2. The molecule has 0 aliphatic heterocycles. The minimum atomic E-state index is -0.694. The Morgan fingerprint density at radius 3 is 2.63 bits per heavy atom. The van der Waals surface area contributed by atoms with Gasteiger partial charge in [0.05, 0.1) is 45.7 Å². The number of fused-ring (bicyclic) bond motifs is 2. The maximum absolute atomic E-state index is 14.9. The van der Waals surface area contributed by atoms with Crippen LogP contribution in [0.4, 0.5) is 20.6 Å². The molecule has 5 aromatic rings. The SMILES string of the molecule is CNc1cnc2c(-c3nc4cc(F)c(OC(C)COC(=O)Nc5cnc(C)nc5)cc4s3)cc(Cl)cc2c1. The van der Waals surface area contributed by atoms with E-state index in [1.165, 1.54) is 29.8 Å². The highest BCUT2D eigenvalue weighted by atomic mass is 35.5. The summed E-state index contributed by atoms with van der Waals surface area (Å²) in [7, 11) is 1.82. The summed E-state index contributed by atoms with van der Waals surface area (Å²) in [6, 6.07) is 8.50. The number of pyridine rings is 1. The smallest absolute Gasteiger partial charge is 0.411 e. The summed E-state index contributed by atoms with van der Waals surface area (Å²) in [5.74, 6) is 0.0396. The molecular formula is C26H22ClFN6O3S. The average Bonchev–Trinajstić information content (AvgIpc) is 3.30. The second kappa shape index (κ2) is 10.7. The van der Waals surface area contributed by atoms with Crippen LogP contribution < -0.4 is 15.4 Å². The highest BCUT2D eigenvalue weighted by Gasteiger charge is 2.17. The van der Waals surface area contributed by atoms with E-state index >= 15 is 0 Å². The first-order valence-corrected chi connectivity index (χ1v) is 12.7. The third-order valence-corrected chi connectivity index (χ3v) is 6.78. The van der Waals surface area contributed by atoms with Gasteiger partial charge in [-0.3, -0.25) is 10.3 Å². The zero-order valence-electron chi connectivity index (χ0n) is 20.6. The molecule has 0 aliphatic carbocycles. The average molecular weight is 553 g/mol. The molecule has 1 amide bonds. The molecule has 0 saturated carbocycles. The summed E-state index contributed by atoms with van der Waals surface area (Å²) < 4.78 is 26.5. The van der Waals surface area contributed by atoms with E-state index in [4.69, 9.17) is 21.1 Å². The lowest BCUT2D eigenvalue weighted by Gasteiger charge is -2.15. The number of carbonyl (C=O) groups is 1. The highest BCUT2D eigenvalue weighted by Crippen LogP contribution is 2.38. The largest absolute Gasteiger partial charge is 0.484 e. The zero-order chi connectivity index (χ0) is 26.8. The number of amides is 1. The number of nitrogens with zero attached hydrogens (tertiary/aromatic N) is 4. The standard InChI is InChI=1S/C26H22ClFN6O3S/c1-13(12-36-26(35)33-18-10-30-14(2)31-11-18)37-22-8-23-21(7-20(22)28)34-25(38-23)19-6-16(27)4-15-5-17(29-3)9-32-24(15)19/h4-11,13,29H,12H2,1-3H3,(H,33,35). The van der Waals surface area contributed by atoms with E-state index < -0.39 is 18.0 Å². The van der Waals surface area contributed by atoms with Gasteiger partial charge in [0.25, 0.3) is 0 Å². The number of rotatable bonds is 7. The fraction of sp³-hybridized carbons (Fsp3) is 0.192. The number of benzene rings is 2. The molecule has 0 saturated heterocycles. The van der Waals surface area contributed by atoms with Crippen LogP contribution in [0, 0.1) is 12.7 Å². The molecule has 0 radical (unpaired) electrons. The molecule has 2 N–H and O–H groups in total. The molecule has 0 fully saturated rings. The Bertz CT molecular complexity index is 1650. The van der Waals surface area contributed by atoms with Crippen molar-refractivity contribution in [1.29, 1.82) is 0 Å². The minimum Gasteiger partial charge on any atom is -0.484 e. The Balaban J connectivity index is 1.32. The van der Waals surface area contributed by atoms with Gasteiger partial charge in [-0.2, -0.15) is 0 Å².